The highest BCUT2D eigenvalue weighted by Gasteiger charge is 2.33. The van der Waals surface area contributed by atoms with Gasteiger partial charge in [-0.25, -0.2) is 0 Å². The van der Waals surface area contributed by atoms with E-state index in [0.717, 1.165) is 24.2 Å². The highest BCUT2D eigenvalue weighted by atomic mass is 32.2. The van der Waals surface area contributed by atoms with E-state index in [1.165, 1.54) is 10.1 Å². The van der Waals surface area contributed by atoms with E-state index < -0.39 is 5.97 Å². The number of carbonyl (C=O) groups is 3. The predicted molar refractivity (Wildman–Crippen MR) is 118 cm³/mol. The van der Waals surface area contributed by atoms with Crippen LogP contribution in [0.4, 0.5) is 0 Å². The smallest absolute Gasteiger partial charge is 0.303 e. The fraction of sp³-hybridized carbons (Fsp3) is 0.409. The zero-order valence-electron chi connectivity index (χ0n) is 16.2. The molecule has 1 fully saturated rings. The molecule has 0 spiro atoms. The first-order valence-corrected chi connectivity index (χ1v) is 11.7. The monoisotopic (exact) mass is 431 g/mol. The highest BCUT2D eigenvalue weighted by Crippen LogP contribution is 2.33. The molecular formula is C22H25NO4S2. The van der Waals surface area contributed by atoms with Crippen molar-refractivity contribution in [3.05, 3.63) is 41.8 Å². The zero-order chi connectivity index (χ0) is 20.6. The van der Waals surface area contributed by atoms with Crippen molar-refractivity contribution in [2.75, 3.05) is 12.3 Å². The molecule has 0 unspecified atom stereocenters. The molecular weight excluding hydrogens is 406 g/mol. The van der Waals surface area contributed by atoms with Gasteiger partial charge in [0.25, 0.3) is 0 Å². The van der Waals surface area contributed by atoms with Gasteiger partial charge in [0, 0.05) is 33.3 Å². The van der Waals surface area contributed by atoms with Gasteiger partial charge in [-0.15, -0.1) is 23.1 Å². The second-order valence-electron chi connectivity index (χ2n) is 7.13. The zero-order valence-corrected chi connectivity index (χ0v) is 17.8. The maximum absolute atomic E-state index is 12.2. The first-order chi connectivity index (χ1) is 14.0. The lowest BCUT2D eigenvalue weighted by atomic mass is 10.00. The third-order valence-electron chi connectivity index (χ3n) is 4.96. The van der Waals surface area contributed by atoms with E-state index in [0.29, 0.717) is 25.1 Å². The van der Waals surface area contributed by atoms with Crippen molar-refractivity contribution in [3.63, 3.8) is 0 Å². The minimum Gasteiger partial charge on any atom is -0.481 e. The van der Waals surface area contributed by atoms with Crippen molar-refractivity contribution in [3.8, 4) is 0 Å². The Kier molecular flexibility index (Phi) is 7.89. The summed E-state index contributed by atoms with van der Waals surface area (Å²) in [5.41, 5.74) is 0. The SMILES string of the molecule is O=C(O)CCCCCCN1C(=O)C[C@@H]1/C=C/C(=O)CSc1csc2ccccc12. The first kappa shape index (κ1) is 21.6. The molecule has 1 N–H and O–H groups in total. The molecule has 0 aliphatic carbocycles. The summed E-state index contributed by atoms with van der Waals surface area (Å²) in [6.45, 7) is 0.671. The molecule has 1 aromatic heterocycles. The lowest BCUT2D eigenvalue weighted by Gasteiger charge is -2.38. The number of rotatable bonds is 12. The van der Waals surface area contributed by atoms with E-state index in [4.69, 9.17) is 5.11 Å². The van der Waals surface area contributed by atoms with E-state index in [1.807, 2.05) is 18.2 Å². The number of aliphatic carboxylic acids is 1. The molecule has 1 amide bonds. The number of benzene rings is 1. The molecule has 0 bridgehead atoms. The number of thioether (sulfide) groups is 1. The summed E-state index contributed by atoms with van der Waals surface area (Å²) < 4.78 is 1.23. The van der Waals surface area contributed by atoms with Crippen LogP contribution in [-0.2, 0) is 14.4 Å². The van der Waals surface area contributed by atoms with Gasteiger partial charge in [-0.05, 0) is 25.0 Å². The van der Waals surface area contributed by atoms with Gasteiger partial charge in [0.2, 0.25) is 5.91 Å². The Morgan fingerprint density at radius 1 is 1.21 bits per heavy atom. The van der Waals surface area contributed by atoms with E-state index >= 15 is 0 Å². The lowest BCUT2D eigenvalue weighted by Crippen LogP contribution is -2.51. The molecule has 1 aliphatic rings. The van der Waals surface area contributed by atoms with Crippen LogP contribution in [0.15, 0.2) is 46.7 Å². The number of nitrogens with zero attached hydrogens (tertiary/aromatic N) is 1. The van der Waals surface area contributed by atoms with Gasteiger partial charge in [0.15, 0.2) is 5.78 Å². The minimum absolute atomic E-state index is 0.0115. The molecule has 3 rings (SSSR count). The molecule has 0 radical (unpaired) electrons. The summed E-state index contributed by atoms with van der Waals surface area (Å²) in [4.78, 5) is 37.5. The van der Waals surface area contributed by atoms with Gasteiger partial charge in [-0.2, -0.15) is 0 Å². The van der Waals surface area contributed by atoms with E-state index in [1.54, 1.807) is 34.1 Å². The maximum atomic E-state index is 12.2. The molecule has 1 saturated heterocycles. The van der Waals surface area contributed by atoms with Gasteiger partial charge in [-0.1, -0.05) is 37.1 Å². The molecule has 5 nitrogen and oxygen atoms in total. The van der Waals surface area contributed by atoms with Crippen molar-refractivity contribution in [2.24, 2.45) is 0 Å². The van der Waals surface area contributed by atoms with Crippen molar-refractivity contribution >= 4 is 50.8 Å². The quantitative estimate of drug-likeness (QED) is 0.227. The average molecular weight is 432 g/mol. The summed E-state index contributed by atoms with van der Waals surface area (Å²) in [6, 6.07) is 8.20. The second-order valence-corrected chi connectivity index (χ2v) is 9.06. The van der Waals surface area contributed by atoms with Crippen LogP contribution in [0.3, 0.4) is 0 Å². The molecule has 0 saturated carbocycles. The standard InChI is InChI=1S/C22H25NO4S2/c24-17(14-28-20-15-29-19-8-5-4-7-18(19)20)11-10-16-13-21(25)23(16)12-6-2-1-3-9-22(26)27/h4-5,7-8,10-11,15-16H,1-3,6,9,12-14H2,(H,26,27)/b11-10+/t16-/m0/s1. The Hall–Kier alpha value is -2.12. The van der Waals surface area contributed by atoms with Crippen LogP contribution in [0.25, 0.3) is 10.1 Å². The van der Waals surface area contributed by atoms with Crippen LogP contribution in [0.1, 0.15) is 38.5 Å². The predicted octanol–water partition coefficient (Wildman–Crippen LogP) is 4.75. The van der Waals surface area contributed by atoms with Crippen LogP contribution in [0.5, 0.6) is 0 Å². The first-order valence-electron chi connectivity index (χ1n) is 9.86. The fourth-order valence-electron chi connectivity index (χ4n) is 3.33. The van der Waals surface area contributed by atoms with Crippen molar-refractivity contribution in [1.82, 2.24) is 4.90 Å². The number of fused-ring (bicyclic) bond motifs is 1. The van der Waals surface area contributed by atoms with Gasteiger partial charge in [-0.3, -0.25) is 14.4 Å². The molecule has 7 heteroatoms. The third-order valence-corrected chi connectivity index (χ3v) is 7.15. The topological polar surface area (TPSA) is 74.7 Å². The number of likely N-dealkylation sites (tertiary alicyclic amines) is 1. The van der Waals surface area contributed by atoms with Crippen LogP contribution < -0.4 is 0 Å². The number of allylic oxidation sites excluding steroid dienone is 1. The number of amides is 1. The number of carbonyl (C=O) groups excluding carboxylic acids is 2. The number of thiophene rings is 1. The van der Waals surface area contributed by atoms with Crippen molar-refractivity contribution < 1.29 is 19.5 Å². The summed E-state index contributed by atoms with van der Waals surface area (Å²) in [5, 5.41) is 11.9. The summed E-state index contributed by atoms with van der Waals surface area (Å²) in [7, 11) is 0. The minimum atomic E-state index is -0.761. The Balaban J connectivity index is 1.38. The molecule has 2 heterocycles. The summed E-state index contributed by atoms with van der Waals surface area (Å²) >= 11 is 3.24. The number of ketones is 1. The normalized spacial score (nSPS) is 16.5. The Bertz CT molecular complexity index is 905. The number of hydrogen-bond acceptors (Lipinski definition) is 5. The fourth-order valence-corrected chi connectivity index (χ4v) is 5.37. The maximum Gasteiger partial charge on any atom is 0.303 e. The number of β-lactam (4-membered cyclic amide) rings is 1. The average Bonchev–Trinajstić information content (AvgIpc) is 3.11. The third kappa shape index (κ3) is 6.18. The largest absolute Gasteiger partial charge is 0.481 e. The van der Waals surface area contributed by atoms with Gasteiger partial charge >= 0.3 is 5.97 Å². The van der Waals surface area contributed by atoms with E-state index in [9.17, 15) is 14.4 Å². The Labute approximate surface area is 178 Å². The molecule has 1 aliphatic heterocycles. The summed E-state index contributed by atoms with van der Waals surface area (Å²) in [6.07, 6.45) is 7.45. The van der Waals surface area contributed by atoms with Gasteiger partial charge < -0.3 is 10.0 Å². The molecule has 2 aromatic rings. The van der Waals surface area contributed by atoms with E-state index in [-0.39, 0.29) is 24.2 Å². The van der Waals surface area contributed by atoms with Gasteiger partial charge in [0.05, 0.1) is 18.2 Å². The van der Waals surface area contributed by atoms with Crippen LogP contribution in [-0.4, -0.2) is 46.0 Å². The number of hydrogen-bond donors (Lipinski definition) is 1. The molecule has 1 aromatic carbocycles. The molecule has 1 atom stereocenters. The van der Waals surface area contributed by atoms with Crippen LogP contribution in [0.2, 0.25) is 0 Å². The van der Waals surface area contributed by atoms with Crippen molar-refractivity contribution in [1.29, 1.82) is 0 Å². The lowest BCUT2D eigenvalue weighted by molar-refractivity contribution is -0.143. The Morgan fingerprint density at radius 3 is 2.79 bits per heavy atom. The number of carboxylic acids is 1. The Morgan fingerprint density at radius 2 is 2.00 bits per heavy atom. The van der Waals surface area contributed by atoms with Gasteiger partial charge in [0.1, 0.15) is 0 Å². The molecule has 154 valence electrons. The number of carboxylic acid groups (broad SMARTS) is 1. The second kappa shape index (κ2) is 10.6. The number of unbranched alkanes of at least 4 members (excludes halogenated alkanes) is 3. The van der Waals surface area contributed by atoms with Crippen LogP contribution in [0, 0.1) is 0 Å². The summed E-state index contributed by atoms with van der Waals surface area (Å²) in [5.74, 6) is -0.195. The molecule has 29 heavy (non-hydrogen) atoms. The van der Waals surface area contributed by atoms with Crippen LogP contribution >= 0.6 is 23.1 Å². The van der Waals surface area contributed by atoms with Crippen molar-refractivity contribution in [2.45, 2.75) is 49.5 Å². The van der Waals surface area contributed by atoms with E-state index in [2.05, 4.69) is 17.5 Å². The highest BCUT2D eigenvalue weighted by molar-refractivity contribution is 8.00.